The van der Waals surface area contributed by atoms with E-state index in [0.29, 0.717) is 5.69 Å². The van der Waals surface area contributed by atoms with E-state index >= 15 is 0 Å². The second-order valence-corrected chi connectivity index (χ2v) is 4.20. The number of nitro groups is 1. The quantitative estimate of drug-likeness (QED) is 0.525. The number of carbonyl (C=O) groups is 2. The number of carbonyl (C=O) groups excluding carboxylic acids is 2. The third-order valence-electron chi connectivity index (χ3n) is 1.84. The van der Waals surface area contributed by atoms with Crippen LogP contribution in [0.4, 0.5) is 11.4 Å². The van der Waals surface area contributed by atoms with Gasteiger partial charge in [0.1, 0.15) is 5.78 Å². The molecule has 1 aromatic rings. The largest absolute Gasteiger partial charge is 0.326 e. The van der Waals surface area contributed by atoms with Gasteiger partial charge >= 0.3 is 0 Å². The van der Waals surface area contributed by atoms with Gasteiger partial charge in [-0.2, -0.15) is 0 Å². The van der Waals surface area contributed by atoms with Crippen molar-refractivity contribution in [2.75, 3.05) is 5.32 Å². The lowest BCUT2D eigenvalue weighted by atomic mass is 10.2. The highest BCUT2D eigenvalue weighted by atomic mass is 79.9. The summed E-state index contributed by atoms with van der Waals surface area (Å²) in [5, 5.41) is 13.0. The zero-order valence-electron chi connectivity index (χ0n) is 8.90. The summed E-state index contributed by atoms with van der Waals surface area (Å²) in [5.41, 5.74) is 0.309. The minimum absolute atomic E-state index is 0.0884. The van der Waals surface area contributed by atoms with Gasteiger partial charge in [-0.25, -0.2) is 0 Å². The Morgan fingerprint density at radius 2 is 2.12 bits per heavy atom. The van der Waals surface area contributed by atoms with Crippen LogP contribution in [0.25, 0.3) is 0 Å². The summed E-state index contributed by atoms with van der Waals surface area (Å²) < 4.78 is 0.267. The Morgan fingerprint density at radius 1 is 1.47 bits per heavy atom. The molecule has 0 saturated heterocycles. The van der Waals surface area contributed by atoms with Crippen molar-refractivity contribution in [2.45, 2.75) is 13.3 Å². The average Bonchev–Trinajstić information content (AvgIpc) is 2.15. The summed E-state index contributed by atoms with van der Waals surface area (Å²) in [6.45, 7) is 1.31. The number of nitrogens with zero attached hydrogens (tertiary/aromatic N) is 1. The molecule has 6 nitrogen and oxygen atoms in total. The van der Waals surface area contributed by atoms with Crippen LogP contribution in [-0.4, -0.2) is 16.6 Å². The fraction of sp³-hybridized carbons (Fsp3) is 0.200. The molecule has 0 spiro atoms. The molecule has 0 fully saturated rings. The Hall–Kier alpha value is -1.76. The summed E-state index contributed by atoms with van der Waals surface area (Å²) in [6.07, 6.45) is -0.214. The fourth-order valence-corrected chi connectivity index (χ4v) is 1.69. The SMILES string of the molecule is CC(=O)CC(=O)Nc1ccc([N+](=O)[O-])c(Br)c1. The molecular formula is C10H9BrN2O4. The number of hydrogen-bond acceptors (Lipinski definition) is 4. The summed E-state index contributed by atoms with van der Waals surface area (Å²) in [7, 11) is 0. The number of nitrogens with one attached hydrogen (secondary N) is 1. The van der Waals surface area contributed by atoms with Crippen LogP contribution in [0.3, 0.4) is 0 Å². The number of nitro benzene ring substituents is 1. The highest BCUT2D eigenvalue weighted by Crippen LogP contribution is 2.27. The van der Waals surface area contributed by atoms with Gasteiger partial charge in [0.2, 0.25) is 5.91 Å². The van der Waals surface area contributed by atoms with Crippen LogP contribution >= 0.6 is 15.9 Å². The lowest BCUT2D eigenvalue weighted by Gasteiger charge is -2.04. The first-order valence-electron chi connectivity index (χ1n) is 4.63. The number of ketones is 1. The van der Waals surface area contributed by atoms with Crippen molar-refractivity contribution in [1.29, 1.82) is 0 Å². The summed E-state index contributed by atoms with van der Waals surface area (Å²) in [6, 6.07) is 4.09. The molecule has 0 aliphatic rings. The minimum atomic E-state index is -0.536. The molecular weight excluding hydrogens is 292 g/mol. The third-order valence-corrected chi connectivity index (χ3v) is 2.47. The number of hydrogen-bond donors (Lipinski definition) is 1. The fourth-order valence-electron chi connectivity index (χ4n) is 1.16. The predicted octanol–water partition coefficient (Wildman–Crippen LogP) is 2.27. The number of anilines is 1. The van der Waals surface area contributed by atoms with E-state index in [4.69, 9.17) is 0 Å². The zero-order chi connectivity index (χ0) is 13.0. The topological polar surface area (TPSA) is 89.3 Å². The molecule has 0 aliphatic heterocycles. The second kappa shape index (κ2) is 5.53. The van der Waals surface area contributed by atoms with E-state index in [2.05, 4.69) is 21.2 Å². The molecule has 1 N–H and O–H groups in total. The Balaban J connectivity index is 2.81. The molecule has 0 bridgehead atoms. The first kappa shape index (κ1) is 13.3. The molecule has 0 aromatic heterocycles. The molecule has 0 atom stereocenters. The highest BCUT2D eigenvalue weighted by Gasteiger charge is 2.13. The number of halogens is 1. The highest BCUT2D eigenvalue weighted by molar-refractivity contribution is 9.10. The van der Waals surface area contributed by atoms with Crippen molar-refractivity contribution in [3.63, 3.8) is 0 Å². The van der Waals surface area contributed by atoms with Crippen LogP contribution < -0.4 is 5.32 Å². The Kier molecular flexibility index (Phi) is 4.33. The summed E-state index contributed by atoms with van der Waals surface area (Å²) >= 11 is 3.03. The van der Waals surface area contributed by atoms with E-state index in [-0.39, 0.29) is 22.4 Å². The number of amides is 1. The van der Waals surface area contributed by atoms with Gasteiger partial charge in [0.05, 0.1) is 15.8 Å². The van der Waals surface area contributed by atoms with Gasteiger partial charge in [-0.05, 0) is 35.0 Å². The lowest BCUT2D eigenvalue weighted by molar-refractivity contribution is -0.385. The van der Waals surface area contributed by atoms with Crippen molar-refractivity contribution >= 4 is 39.0 Å². The first-order chi connectivity index (χ1) is 7.90. The molecule has 90 valence electrons. The van der Waals surface area contributed by atoms with Crippen molar-refractivity contribution in [2.24, 2.45) is 0 Å². The molecule has 7 heteroatoms. The van der Waals surface area contributed by atoms with E-state index in [0.717, 1.165) is 0 Å². The van der Waals surface area contributed by atoms with Gasteiger partial charge in [-0.3, -0.25) is 19.7 Å². The maximum atomic E-state index is 11.3. The molecule has 1 aromatic carbocycles. The maximum Gasteiger partial charge on any atom is 0.283 e. The van der Waals surface area contributed by atoms with Crippen LogP contribution in [-0.2, 0) is 9.59 Å². The van der Waals surface area contributed by atoms with Gasteiger partial charge < -0.3 is 5.32 Å². The summed E-state index contributed by atoms with van der Waals surface area (Å²) in [5.74, 6) is -0.693. The monoisotopic (exact) mass is 300 g/mol. The predicted molar refractivity (Wildman–Crippen MR) is 64.7 cm³/mol. The molecule has 1 amide bonds. The number of rotatable bonds is 4. The van der Waals surface area contributed by atoms with Crippen molar-refractivity contribution < 1.29 is 14.5 Å². The van der Waals surface area contributed by atoms with E-state index in [1.54, 1.807) is 0 Å². The van der Waals surface area contributed by atoms with E-state index < -0.39 is 10.8 Å². The molecule has 1 rings (SSSR count). The zero-order valence-corrected chi connectivity index (χ0v) is 10.5. The Morgan fingerprint density at radius 3 is 2.59 bits per heavy atom. The van der Waals surface area contributed by atoms with Crippen LogP contribution in [0.1, 0.15) is 13.3 Å². The van der Waals surface area contributed by atoms with Gasteiger partial charge in [-0.15, -0.1) is 0 Å². The third kappa shape index (κ3) is 3.95. The standard InChI is InChI=1S/C10H9BrN2O4/c1-6(14)4-10(15)12-7-2-3-9(13(16)17)8(11)5-7/h2-3,5H,4H2,1H3,(H,12,15). The second-order valence-electron chi connectivity index (χ2n) is 3.35. The number of Topliss-reactive ketones (excluding diaryl/α,β-unsaturated/α-hetero) is 1. The smallest absolute Gasteiger partial charge is 0.283 e. The van der Waals surface area contributed by atoms with Crippen LogP contribution in [0.5, 0.6) is 0 Å². The van der Waals surface area contributed by atoms with Gasteiger partial charge in [0.15, 0.2) is 0 Å². The van der Waals surface area contributed by atoms with E-state index in [1.807, 2.05) is 0 Å². The normalized spacial score (nSPS) is 9.76. The molecule has 0 saturated carbocycles. The molecule has 17 heavy (non-hydrogen) atoms. The Bertz CT molecular complexity index is 487. The van der Waals surface area contributed by atoms with Crippen molar-refractivity contribution in [3.8, 4) is 0 Å². The molecule has 0 unspecified atom stereocenters. The summed E-state index contributed by atoms with van der Waals surface area (Å²) in [4.78, 5) is 32.0. The van der Waals surface area contributed by atoms with Gasteiger partial charge in [0, 0.05) is 11.8 Å². The first-order valence-corrected chi connectivity index (χ1v) is 5.42. The van der Waals surface area contributed by atoms with Crippen molar-refractivity contribution in [1.82, 2.24) is 0 Å². The average molecular weight is 301 g/mol. The van der Waals surface area contributed by atoms with Crippen LogP contribution in [0.2, 0.25) is 0 Å². The van der Waals surface area contributed by atoms with Crippen LogP contribution in [0, 0.1) is 10.1 Å². The van der Waals surface area contributed by atoms with Crippen LogP contribution in [0.15, 0.2) is 22.7 Å². The molecule has 0 heterocycles. The molecule has 0 aliphatic carbocycles. The number of benzene rings is 1. The van der Waals surface area contributed by atoms with Crippen molar-refractivity contribution in [3.05, 3.63) is 32.8 Å². The van der Waals surface area contributed by atoms with E-state index in [1.165, 1.54) is 25.1 Å². The minimum Gasteiger partial charge on any atom is -0.326 e. The Labute approximate surface area is 105 Å². The van der Waals surface area contributed by atoms with E-state index in [9.17, 15) is 19.7 Å². The van der Waals surface area contributed by atoms with Gasteiger partial charge in [0.25, 0.3) is 5.69 Å². The van der Waals surface area contributed by atoms with Gasteiger partial charge in [-0.1, -0.05) is 0 Å². The lowest BCUT2D eigenvalue weighted by Crippen LogP contribution is -2.14. The molecule has 0 radical (unpaired) electrons. The maximum absolute atomic E-state index is 11.3.